The highest BCUT2D eigenvalue weighted by atomic mass is 35.5. The van der Waals surface area contributed by atoms with Crippen molar-refractivity contribution < 1.29 is 0 Å². The van der Waals surface area contributed by atoms with E-state index < -0.39 is 0 Å². The van der Waals surface area contributed by atoms with Crippen LogP contribution in [0, 0.1) is 0 Å². The number of benzene rings is 1. The molecule has 3 rings (SSSR count). The summed E-state index contributed by atoms with van der Waals surface area (Å²) >= 11 is 6.28. The number of rotatable bonds is 3. The fourth-order valence-electron chi connectivity index (χ4n) is 3.10. The van der Waals surface area contributed by atoms with Gasteiger partial charge in [-0.3, -0.25) is 4.68 Å². The molecular weight excluding hydrogens is 270 g/mol. The van der Waals surface area contributed by atoms with Crippen LogP contribution in [0.25, 0.3) is 0 Å². The Morgan fingerprint density at radius 2 is 2.20 bits per heavy atom. The van der Waals surface area contributed by atoms with Gasteiger partial charge in [-0.15, -0.1) is 0 Å². The van der Waals surface area contributed by atoms with E-state index in [0.717, 1.165) is 23.4 Å². The number of nitrogens with zero attached hydrogens (tertiary/aromatic N) is 2. The number of aromatic nitrogens is 2. The lowest BCUT2D eigenvalue weighted by Gasteiger charge is -2.27. The summed E-state index contributed by atoms with van der Waals surface area (Å²) in [5, 5.41) is 8.93. The summed E-state index contributed by atoms with van der Waals surface area (Å²) in [5.74, 6) is 0. The van der Waals surface area contributed by atoms with Gasteiger partial charge >= 0.3 is 0 Å². The van der Waals surface area contributed by atoms with E-state index in [9.17, 15) is 0 Å². The van der Waals surface area contributed by atoms with E-state index in [-0.39, 0.29) is 6.04 Å². The highest BCUT2D eigenvalue weighted by Crippen LogP contribution is 2.32. The Kier molecular flexibility index (Phi) is 3.81. The van der Waals surface area contributed by atoms with E-state index in [1.807, 2.05) is 36.1 Å². The van der Waals surface area contributed by atoms with Gasteiger partial charge in [-0.2, -0.15) is 5.10 Å². The van der Waals surface area contributed by atoms with E-state index in [1.165, 1.54) is 17.7 Å². The van der Waals surface area contributed by atoms with Gasteiger partial charge in [0, 0.05) is 35.4 Å². The second-order valence-electron chi connectivity index (χ2n) is 5.52. The molecule has 1 aromatic heterocycles. The molecule has 0 radical (unpaired) electrons. The van der Waals surface area contributed by atoms with Crippen LogP contribution in [0.1, 0.15) is 48.7 Å². The van der Waals surface area contributed by atoms with Crippen LogP contribution in [0.15, 0.2) is 30.5 Å². The summed E-state index contributed by atoms with van der Waals surface area (Å²) in [5.41, 5.74) is 3.86. The first-order chi connectivity index (χ1) is 9.66. The summed E-state index contributed by atoms with van der Waals surface area (Å²) in [7, 11) is 2.03. The average Bonchev–Trinajstić information content (AvgIpc) is 2.82. The van der Waals surface area contributed by atoms with Crippen molar-refractivity contribution in [2.45, 2.75) is 38.3 Å². The van der Waals surface area contributed by atoms with Gasteiger partial charge < -0.3 is 5.32 Å². The molecule has 0 saturated carbocycles. The first-order valence-corrected chi connectivity index (χ1v) is 7.56. The number of halogens is 1. The minimum atomic E-state index is 0.236. The molecule has 0 aliphatic heterocycles. The van der Waals surface area contributed by atoms with Gasteiger partial charge in [0.1, 0.15) is 0 Å². The van der Waals surface area contributed by atoms with Gasteiger partial charge in [-0.1, -0.05) is 29.8 Å². The SMILES string of the molecule is C[C@H](NC1CCCc2c1cnn2C)c1ccccc1Cl. The molecule has 2 atom stereocenters. The lowest BCUT2D eigenvalue weighted by atomic mass is 9.92. The van der Waals surface area contributed by atoms with Crippen LogP contribution in [-0.4, -0.2) is 9.78 Å². The predicted molar refractivity (Wildman–Crippen MR) is 81.9 cm³/mol. The number of aryl methyl sites for hydroxylation is 1. The maximum atomic E-state index is 6.28. The molecule has 0 fully saturated rings. The van der Waals surface area contributed by atoms with Crippen molar-refractivity contribution in [3.63, 3.8) is 0 Å². The second kappa shape index (κ2) is 5.58. The standard InChI is InChI=1S/C16H20ClN3/c1-11(12-6-3-4-7-14(12)17)19-15-8-5-9-16-13(15)10-18-20(16)2/h3-4,6-7,10-11,15,19H,5,8-9H2,1-2H3/t11-,15?/m0/s1. The Labute approximate surface area is 124 Å². The summed E-state index contributed by atoms with van der Waals surface area (Å²) < 4.78 is 2.00. The zero-order valence-corrected chi connectivity index (χ0v) is 12.7. The van der Waals surface area contributed by atoms with Gasteiger partial charge in [0.2, 0.25) is 0 Å². The van der Waals surface area contributed by atoms with E-state index in [1.54, 1.807) is 0 Å². The minimum Gasteiger partial charge on any atom is -0.303 e. The summed E-state index contributed by atoms with van der Waals surface area (Å²) in [6, 6.07) is 8.66. The van der Waals surface area contributed by atoms with E-state index >= 15 is 0 Å². The molecule has 0 bridgehead atoms. The van der Waals surface area contributed by atoms with Crippen LogP contribution < -0.4 is 5.32 Å². The summed E-state index contributed by atoms with van der Waals surface area (Å²) in [4.78, 5) is 0. The van der Waals surface area contributed by atoms with Crippen molar-refractivity contribution in [3.8, 4) is 0 Å². The normalized spacial score (nSPS) is 19.6. The second-order valence-corrected chi connectivity index (χ2v) is 5.93. The van der Waals surface area contributed by atoms with Gasteiger partial charge in [0.25, 0.3) is 0 Å². The maximum Gasteiger partial charge on any atom is 0.0540 e. The molecule has 4 heteroatoms. The maximum absolute atomic E-state index is 6.28. The molecular formula is C16H20ClN3. The van der Waals surface area contributed by atoms with Gasteiger partial charge in [-0.25, -0.2) is 0 Å². The van der Waals surface area contributed by atoms with Crippen molar-refractivity contribution in [1.29, 1.82) is 0 Å². The number of hydrogen-bond donors (Lipinski definition) is 1. The van der Waals surface area contributed by atoms with Crippen LogP contribution in [-0.2, 0) is 13.5 Å². The molecule has 2 aromatic rings. The average molecular weight is 290 g/mol. The fraction of sp³-hybridized carbons (Fsp3) is 0.438. The Balaban J connectivity index is 1.81. The lowest BCUT2D eigenvalue weighted by Crippen LogP contribution is -2.28. The molecule has 20 heavy (non-hydrogen) atoms. The monoisotopic (exact) mass is 289 g/mol. The number of nitrogens with one attached hydrogen (secondary N) is 1. The smallest absolute Gasteiger partial charge is 0.0540 e. The van der Waals surface area contributed by atoms with Crippen LogP contribution in [0.2, 0.25) is 5.02 Å². The van der Waals surface area contributed by atoms with Crippen LogP contribution in [0.4, 0.5) is 0 Å². The zero-order valence-electron chi connectivity index (χ0n) is 11.9. The van der Waals surface area contributed by atoms with E-state index in [2.05, 4.69) is 23.4 Å². The molecule has 1 aromatic carbocycles. The van der Waals surface area contributed by atoms with Gasteiger partial charge in [0.15, 0.2) is 0 Å². The first-order valence-electron chi connectivity index (χ1n) is 7.18. The zero-order chi connectivity index (χ0) is 14.1. The molecule has 1 unspecified atom stereocenters. The van der Waals surface area contributed by atoms with Gasteiger partial charge in [0.05, 0.1) is 6.20 Å². The third-order valence-electron chi connectivity index (χ3n) is 4.20. The topological polar surface area (TPSA) is 29.9 Å². The van der Waals surface area contributed by atoms with Crippen LogP contribution in [0.3, 0.4) is 0 Å². The molecule has 1 N–H and O–H groups in total. The molecule has 0 amide bonds. The molecule has 3 nitrogen and oxygen atoms in total. The van der Waals surface area contributed by atoms with Crippen molar-refractivity contribution in [2.24, 2.45) is 7.05 Å². The molecule has 1 aliphatic carbocycles. The third kappa shape index (κ3) is 2.48. The van der Waals surface area contributed by atoms with Crippen molar-refractivity contribution >= 4 is 11.6 Å². The highest BCUT2D eigenvalue weighted by Gasteiger charge is 2.25. The Bertz CT molecular complexity index is 606. The van der Waals surface area contributed by atoms with Crippen LogP contribution in [0.5, 0.6) is 0 Å². The minimum absolute atomic E-state index is 0.236. The molecule has 0 saturated heterocycles. The number of fused-ring (bicyclic) bond motifs is 1. The van der Waals surface area contributed by atoms with Crippen molar-refractivity contribution in [1.82, 2.24) is 15.1 Å². The lowest BCUT2D eigenvalue weighted by molar-refractivity contribution is 0.411. The quantitative estimate of drug-likeness (QED) is 0.931. The van der Waals surface area contributed by atoms with Crippen molar-refractivity contribution in [3.05, 3.63) is 52.3 Å². The molecule has 1 heterocycles. The van der Waals surface area contributed by atoms with Crippen LogP contribution >= 0.6 is 11.6 Å². The predicted octanol–water partition coefficient (Wildman–Crippen LogP) is 3.80. The Hall–Kier alpha value is -1.32. The largest absolute Gasteiger partial charge is 0.303 e. The molecule has 1 aliphatic rings. The van der Waals surface area contributed by atoms with E-state index in [0.29, 0.717) is 6.04 Å². The Morgan fingerprint density at radius 1 is 1.40 bits per heavy atom. The molecule has 0 spiro atoms. The third-order valence-corrected chi connectivity index (χ3v) is 4.54. The van der Waals surface area contributed by atoms with Crippen molar-refractivity contribution in [2.75, 3.05) is 0 Å². The fourth-order valence-corrected chi connectivity index (χ4v) is 3.40. The van der Waals surface area contributed by atoms with E-state index in [4.69, 9.17) is 11.6 Å². The first kappa shape index (κ1) is 13.7. The van der Waals surface area contributed by atoms with Gasteiger partial charge in [-0.05, 0) is 37.8 Å². The highest BCUT2D eigenvalue weighted by molar-refractivity contribution is 6.31. The molecule has 106 valence electrons. The Morgan fingerprint density at radius 3 is 3.00 bits per heavy atom. The number of hydrogen-bond acceptors (Lipinski definition) is 2. The summed E-state index contributed by atoms with van der Waals surface area (Å²) in [6.07, 6.45) is 5.50. The summed E-state index contributed by atoms with van der Waals surface area (Å²) in [6.45, 7) is 2.17.